The smallest absolute Gasteiger partial charge is 0.185 e. The largest absolute Gasteiger partial charge is 0.352 e. The van der Waals surface area contributed by atoms with Crippen LogP contribution in [0, 0.1) is 5.41 Å². The van der Waals surface area contributed by atoms with Gasteiger partial charge in [-0.15, -0.1) is 0 Å². The summed E-state index contributed by atoms with van der Waals surface area (Å²) in [6.45, 7) is 7.82. The summed E-state index contributed by atoms with van der Waals surface area (Å²) < 4.78 is 1.90. The Kier molecular flexibility index (Phi) is 6.91. The lowest BCUT2D eigenvalue weighted by atomic mass is 10.2. The lowest BCUT2D eigenvalue weighted by molar-refractivity contribution is -0.584. The van der Waals surface area contributed by atoms with E-state index in [1.54, 1.807) is 31.2 Å². The van der Waals surface area contributed by atoms with Crippen LogP contribution < -0.4 is 21.1 Å². The zero-order valence-corrected chi connectivity index (χ0v) is 18.9. The Morgan fingerprint density at radius 3 is 2.70 bits per heavy atom. The van der Waals surface area contributed by atoms with Gasteiger partial charge >= 0.3 is 0 Å². The third-order valence-electron chi connectivity index (χ3n) is 4.57. The van der Waals surface area contributed by atoms with E-state index in [1.165, 1.54) is 5.01 Å². The van der Waals surface area contributed by atoms with Gasteiger partial charge in [-0.3, -0.25) is 15.1 Å². The van der Waals surface area contributed by atoms with Gasteiger partial charge in [0.15, 0.2) is 11.6 Å². The minimum atomic E-state index is 0.275. The van der Waals surface area contributed by atoms with Crippen molar-refractivity contribution >= 4 is 29.1 Å². The molecule has 0 atom stereocenters. The van der Waals surface area contributed by atoms with Gasteiger partial charge in [0, 0.05) is 36.8 Å². The van der Waals surface area contributed by atoms with Crippen LogP contribution in [0.15, 0.2) is 40.7 Å². The van der Waals surface area contributed by atoms with Crippen LogP contribution in [0.1, 0.15) is 26.8 Å². The second kappa shape index (κ2) is 9.41. The number of hydrazine groups is 1. The third-order valence-corrected chi connectivity index (χ3v) is 5.65. The molecular weight excluding hydrogens is 398 g/mol. The molecule has 1 aliphatic heterocycles. The van der Waals surface area contributed by atoms with Gasteiger partial charge in [-0.05, 0) is 26.8 Å². The average Bonchev–Trinajstić information content (AvgIpc) is 3.33. The van der Waals surface area contributed by atoms with E-state index >= 15 is 0 Å². The number of quaternary nitrogens is 1. The Morgan fingerprint density at radius 2 is 2.07 bits per heavy atom. The molecule has 0 aromatic carbocycles. The van der Waals surface area contributed by atoms with Crippen LogP contribution >= 0.6 is 11.8 Å². The topological polar surface area (TPSA) is 117 Å². The van der Waals surface area contributed by atoms with Crippen molar-refractivity contribution in [1.29, 1.82) is 5.41 Å². The number of anilines is 2. The SMILES string of the molecule is CC[NH2+]C=C1SC(CN(C)c2nc(-c3cnn(C(C)C)c3)cnc2N(C)N)=CC1=N. The minimum absolute atomic E-state index is 0.275. The molecule has 160 valence electrons. The molecule has 9 nitrogen and oxygen atoms in total. The first-order valence-electron chi connectivity index (χ1n) is 9.92. The standard InChI is InChI=1S/C20H29N9S/c1-6-23-10-18-16(21)7-15(30-18)12-27(4)20-19(28(5)22)24-9-17(26-20)14-8-25-29(11-14)13(2)3/h7-11,13,21,23H,6,12,22H2,1-5H3/p+1. The maximum atomic E-state index is 8.19. The van der Waals surface area contributed by atoms with Gasteiger partial charge < -0.3 is 10.2 Å². The van der Waals surface area contributed by atoms with Crippen molar-refractivity contribution in [3.8, 4) is 11.3 Å². The molecule has 0 aliphatic carbocycles. The molecular formula is C20H30N9S+. The fourth-order valence-corrected chi connectivity index (χ4v) is 4.01. The first-order chi connectivity index (χ1) is 14.3. The van der Waals surface area contributed by atoms with Gasteiger partial charge in [-0.1, -0.05) is 11.8 Å². The normalized spacial score (nSPS) is 15.2. The summed E-state index contributed by atoms with van der Waals surface area (Å²) >= 11 is 1.62. The van der Waals surface area contributed by atoms with E-state index in [2.05, 4.69) is 36.2 Å². The Hall–Kier alpha value is -2.69. The Labute approximate surface area is 181 Å². The van der Waals surface area contributed by atoms with E-state index in [0.717, 1.165) is 27.6 Å². The van der Waals surface area contributed by atoms with Gasteiger partial charge in [0.05, 0.1) is 41.8 Å². The molecule has 1 aliphatic rings. The summed E-state index contributed by atoms with van der Waals surface area (Å²) in [4.78, 5) is 13.5. The van der Waals surface area contributed by atoms with Crippen molar-refractivity contribution in [2.45, 2.75) is 26.8 Å². The van der Waals surface area contributed by atoms with E-state index < -0.39 is 0 Å². The number of nitrogens with two attached hydrogens (primary N) is 2. The Bertz CT molecular complexity index is 974. The van der Waals surface area contributed by atoms with Crippen molar-refractivity contribution in [2.24, 2.45) is 5.84 Å². The van der Waals surface area contributed by atoms with E-state index in [-0.39, 0.29) is 6.04 Å². The summed E-state index contributed by atoms with van der Waals surface area (Å²) in [7, 11) is 3.71. The molecule has 0 saturated carbocycles. The number of thioether (sulfide) groups is 1. The van der Waals surface area contributed by atoms with Crippen LogP contribution in [0.25, 0.3) is 11.3 Å². The van der Waals surface area contributed by atoms with Crippen molar-refractivity contribution in [3.05, 3.63) is 40.7 Å². The van der Waals surface area contributed by atoms with Crippen molar-refractivity contribution in [1.82, 2.24) is 19.7 Å². The highest BCUT2D eigenvalue weighted by atomic mass is 32.2. The highest BCUT2D eigenvalue weighted by Gasteiger charge is 2.22. The lowest BCUT2D eigenvalue weighted by Gasteiger charge is -2.24. The van der Waals surface area contributed by atoms with Crippen LogP contribution in [0.4, 0.5) is 11.6 Å². The summed E-state index contributed by atoms with van der Waals surface area (Å²) in [5.41, 5.74) is 2.20. The predicted molar refractivity (Wildman–Crippen MR) is 123 cm³/mol. The van der Waals surface area contributed by atoms with E-state index in [1.807, 2.05) is 35.1 Å². The highest BCUT2D eigenvalue weighted by molar-refractivity contribution is 8.08. The number of aromatic nitrogens is 4. The van der Waals surface area contributed by atoms with E-state index in [9.17, 15) is 0 Å². The first-order valence-corrected chi connectivity index (χ1v) is 10.7. The summed E-state index contributed by atoms with van der Waals surface area (Å²) in [5, 5.41) is 16.1. The second-order valence-corrected chi connectivity index (χ2v) is 8.64. The number of likely N-dealkylation sites (N-methyl/N-ethyl adjacent to an activating group) is 1. The minimum Gasteiger partial charge on any atom is -0.352 e. The van der Waals surface area contributed by atoms with Gasteiger partial charge in [0.25, 0.3) is 0 Å². The molecule has 5 N–H and O–H groups in total. The maximum absolute atomic E-state index is 8.19. The van der Waals surface area contributed by atoms with E-state index in [4.69, 9.17) is 16.2 Å². The van der Waals surface area contributed by atoms with Crippen LogP contribution in [0.5, 0.6) is 0 Å². The molecule has 0 spiro atoms. The number of rotatable bonds is 8. The molecule has 10 heteroatoms. The molecule has 0 unspecified atom stereocenters. The molecule has 0 saturated heterocycles. The Balaban J connectivity index is 1.86. The lowest BCUT2D eigenvalue weighted by Crippen LogP contribution is -2.77. The van der Waals surface area contributed by atoms with E-state index in [0.29, 0.717) is 23.9 Å². The Morgan fingerprint density at radius 1 is 1.30 bits per heavy atom. The van der Waals surface area contributed by atoms with Gasteiger partial charge in [-0.25, -0.2) is 15.8 Å². The van der Waals surface area contributed by atoms with Crippen LogP contribution in [0.3, 0.4) is 0 Å². The van der Waals surface area contributed by atoms with Crippen LogP contribution in [-0.4, -0.2) is 52.6 Å². The zero-order chi connectivity index (χ0) is 21.8. The summed E-state index contributed by atoms with van der Waals surface area (Å²) in [6, 6.07) is 0.275. The molecule has 3 heterocycles. The highest BCUT2D eigenvalue weighted by Crippen LogP contribution is 2.35. The quantitative estimate of drug-likeness (QED) is 0.433. The van der Waals surface area contributed by atoms with Crippen LogP contribution in [0.2, 0.25) is 0 Å². The van der Waals surface area contributed by atoms with Gasteiger partial charge in [0.2, 0.25) is 0 Å². The molecule has 0 fully saturated rings. The summed E-state index contributed by atoms with van der Waals surface area (Å²) in [5.74, 6) is 7.28. The van der Waals surface area contributed by atoms with Gasteiger partial charge in [0.1, 0.15) is 6.20 Å². The van der Waals surface area contributed by atoms with Crippen LogP contribution in [-0.2, 0) is 0 Å². The van der Waals surface area contributed by atoms with Crippen molar-refractivity contribution in [2.75, 3.05) is 37.1 Å². The molecule has 30 heavy (non-hydrogen) atoms. The number of hydrogen-bond acceptors (Lipinski definition) is 8. The summed E-state index contributed by atoms with van der Waals surface area (Å²) in [6.07, 6.45) is 9.42. The molecule has 2 aromatic heterocycles. The predicted octanol–water partition coefficient (Wildman–Crippen LogP) is 1.74. The zero-order valence-electron chi connectivity index (χ0n) is 18.1. The van der Waals surface area contributed by atoms with Crippen molar-refractivity contribution < 1.29 is 5.32 Å². The average molecular weight is 429 g/mol. The molecule has 3 rings (SSSR count). The monoisotopic (exact) mass is 428 g/mol. The number of hydrogen-bond donors (Lipinski definition) is 3. The second-order valence-electron chi connectivity index (χ2n) is 7.47. The maximum Gasteiger partial charge on any atom is 0.185 e. The fourth-order valence-electron chi connectivity index (χ4n) is 2.96. The third kappa shape index (κ3) is 4.89. The van der Waals surface area contributed by atoms with Crippen molar-refractivity contribution in [3.63, 3.8) is 0 Å². The molecule has 2 aromatic rings. The molecule has 0 bridgehead atoms. The molecule has 0 amide bonds. The number of allylic oxidation sites excluding steroid dienone is 2. The fraction of sp³-hybridized carbons (Fsp3) is 0.400. The first kappa shape index (κ1) is 22.0. The number of nitrogens with zero attached hydrogens (tertiary/aromatic N) is 6. The number of nitrogens with one attached hydrogen (secondary N) is 1. The molecule has 0 radical (unpaired) electrons. The van der Waals surface area contributed by atoms with Gasteiger partial charge in [-0.2, -0.15) is 5.10 Å².